The van der Waals surface area contributed by atoms with Crippen LogP contribution in [-0.4, -0.2) is 19.2 Å². The molecule has 0 unspecified atom stereocenters. The molecule has 0 atom stereocenters. The first-order valence-corrected chi connectivity index (χ1v) is 7.16. The van der Waals surface area contributed by atoms with Gasteiger partial charge in [-0.3, -0.25) is 0 Å². The molecule has 86 valence electrons. The van der Waals surface area contributed by atoms with Gasteiger partial charge in [-0.2, -0.15) is 0 Å². The fourth-order valence-corrected chi connectivity index (χ4v) is 2.90. The molecule has 0 fully saturated rings. The number of para-hydroxylation sites is 1. The number of benzene rings is 1. The van der Waals surface area contributed by atoms with Gasteiger partial charge in [-0.1, -0.05) is 18.2 Å². The molecule has 0 aliphatic heterocycles. The van der Waals surface area contributed by atoms with E-state index >= 15 is 0 Å². The van der Waals surface area contributed by atoms with E-state index < -0.39 is 9.84 Å². The fourth-order valence-electron chi connectivity index (χ4n) is 2.08. The summed E-state index contributed by atoms with van der Waals surface area (Å²) in [5.74, 6) is 0.0949. The number of fused-ring (bicyclic) bond motifs is 1. The van der Waals surface area contributed by atoms with E-state index in [2.05, 4.69) is 0 Å². The average molecular weight is 237 g/mol. The van der Waals surface area contributed by atoms with Crippen molar-refractivity contribution in [2.75, 3.05) is 6.26 Å². The van der Waals surface area contributed by atoms with Gasteiger partial charge in [0.25, 0.3) is 0 Å². The molecule has 0 N–H and O–H groups in total. The quantitative estimate of drug-likeness (QED) is 0.801. The molecule has 0 aliphatic carbocycles. The minimum absolute atomic E-state index is 0.0949. The summed E-state index contributed by atoms with van der Waals surface area (Å²) in [5.41, 5.74) is 3.12. The van der Waals surface area contributed by atoms with Crippen LogP contribution in [-0.2, 0) is 22.6 Å². The van der Waals surface area contributed by atoms with Crippen molar-refractivity contribution in [1.29, 1.82) is 0 Å². The highest BCUT2D eigenvalue weighted by molar-refractivity contribution is 7.89. The molecule has 0 bridgehead atoms. The van der Waals surface area contributed by atoms with Crippen molar-refractivity contribution in [3.05, 3.63) is 35.5 Å². The summed E-state index contributed by atoms with van der Waals surface area (Å²) in [6, 6.07) is 7.98. The van der Waals surface area contributed by atoms with Crippen molar-refractivity contribution in [3.8, 4) is 0 Å². The van der Waals surface area contributed by atoms with Crippen LogP contribution in [0.4, 0.5) is 0 Å². The van der Waals surface area contributed by atoms with Gasteiger partial charge in [0.05, 0.1) is 11.3 Å². The molecule has 2 aromatic rings. The Morgan fingerprint density at radius 2 is 2.00 bits per heavy atom. The Morgan fingerprint density at radius 3 is 2.56 bits per heavy atom. The zero-order valence-corrected chi connectivity index (χ0v) is 10.5. The maximum atomic E-state index is 11.3. The van der Waals surface area contributed by atoms with E-state index in [9.17, 15) is 8.42 Å². The number of rotatable bonds is 2. The lowest BCUT2D eigenvalue weighted by molar-refractivity contribution is 0.599. The highest BCUT2D eigenvalue weighted by Crippen LogP contribution is 2.22. The van der Waals surface area contributed by atoms with Crippen LogP contribution in [0.5, 0.6) is 0 Å². The first kappa shape index (κ1) is 11.2. The zero-order valence-electron chi connectivity index (χ0n) is 9.69. The number of hydrogen-bond donors (Lipinski definition) is 0. The second-order valence-corrected chi connectivity index (χ2v) is 6.42. The lowest BCUT2D eigenvalue weighted by atomic mass is 10.2. The van der Waals surface area contributed by atoms with Crippen molar-refractivity contribution in [3.63, 3.8) is 0 Å². The summed E-state index contributed by atoms with van der Waals surface area (Å²) in [5, 5.41) is 1.10. The molecular weight excluding hydrogens is 222 g/mol. The van der Waals surface area contributed by atoms with E-state index in [0.717, 1.165) is 16.6 Å². The fraction of sp³-hybridized carbons (Fsp3) is 0.333. The summed E-state index contributed by atoms with van der Waals surface area (Å²) >= 11 is 0. The predicted molar refractivity (Wildman–Crippen MR) is 66.2 cm³/mol. The van der Waals surface area contributed by atoms with Gasteiger partial charge < -0.3 is 4.57 Å². The molecule has 0 radical (unpaired) electrons. The first-order chi connectivity index (χ1) is 7.38. The van der Waals surface area contributed by atoms with Gasteiger partial charge in [-0.05, 0) is 18.6 Å². The summed E-state index contributed by atoms with van der Waals surface area (Å²) in [7, 11) is -1.07. The lowest BCUT2D eigenvalue weighted by Gasteiger charge is -2.04. The maximum Gasteiger partial charge on any atom is 0.153 e. The number of sulfone groups is 1. The van der Waals surface area contributed by atoms with Gasteiger partial charge in [-0.25, -0.2) is 8.42 Å². The SMILES string of the molecule is Cc1cccc2cc(CS(C)(=O)=O)n(C)c12. The molecule has 1 aromatic carbocycles. The third-order valence-corrected chi connectivity index (χ3v) is 3.59. The van der Waals surface area contributed by atoms with Gasteiger partial charge in [0.2, 0.25) is 0 Å². The Hall–Kier alpha value is -1.29. The van der Waals surface area contributed by atoms with Crippen LogP contribution in [0.25, 0.3) is 10.9 Å². The molecule has 4 heteroatoms. The summed E-state index contributed by atoms with van der Waals surface area (Å²) in [4.78, 5) is 0. The average Bonchev–Trinajstić information content (AvgIpc) is 2.42. The lowest BCUT2D eigenvalue weighted by Crippen LogP contribution is -2.05. The van der Waals surface area contributed by atoms with E-state index in [0.29, 0.717) is 0 Å². The van der Waals surface area contributed by atoms with Crippen molar-refractivity contribution in [1.82, 2.24) is 4.57 Å². The highest BCUT2D eigenvalue weighted by Gasteiger charge is 2.11. The Bertz CT molecular complexity index is 638. The monoisotopic (exact) mass is 237 g/mol. The standard InChI is InChI=1S/C12H15NO2S/c1-9-5-4-6-10-7-11(8-16(3,14)15)13(2)12(9)10/h4-7H,8H2,1-3H3. The van der Waals surface area contributed by atoms with Crippen molar-refractivity contribution >= 4 is 20.7 Å². The van der Waals surface area contributed by atoms with Crippen LogP contribution in [0.3, 0.4) is 0 Å². The minimum atomic E-state index is -2.98. The van der Waals surface area contributed by atoms with Gasteiger partial charge in [0.15, 0.2) is 9.84 Å². The first-order valence-electron chi connectivity index (χ1n) is 5.10. The second kappa shape index (κ2) is 3.63. The third-order valence-electron chi connectivity index (χ3n) is 2.77. The number of aryl methyl sites for hydroxylation is 2. The topological polar surface area (TPSA) is 39.1 Å². The summed E-state index contributed by atoms with van der Waals surface area (Å²) < 4.78 is 24.6. The van der Waals surface area contributed by atoms with Crippen LogP contribution >= 0.6 is 0 Å². The van der Waals surface area contributed by atoms with Crippen molar-refractivity contribution < 1.29 is 8.42 Å². The van der Waals surface area contributed by atoms with E-state index in [-0.39, 0.29) is 5.75 Å². The van der Waals surface area contributed by atoms with E-state index in [1.807, 2.05) is 42.8 Å². The van der Waals surface area contributed by atoms with Gasteiger partial charge in [0, 0.05) is 24.4 Å². The Balaban J connectivity index is 2.66. The van der Waals surface area contributed by atoms with E-state index in [1.54, 1.807) is 0 Å². The summed E-state index contributed by atoms with van der Waals surface area (Å²) in [6.45, 7) is 2.03. The van der Waals surface area contributed by atoms with Crippen LogP contribution in [0.15, 0.2) is 24.3 Å². The molecule has 16 heavy (non-hydrogen) atoms. The Kier molecular flexibility index (Phi) is 2.54. The minimum Gasteiger partial charge on any atom is -0.346 e. The molecule has 0 saturated heterocycles. The normalized spacial score (nSPS) is 12.2. The van der Waals surface area contributed by atoms with Crippen LogP contribution < -0.4 is 0 Å². The molecule has 2 rings (SSSR count). The Morgan fingerprint density at radius 1 is 1.31 bits per heavy atom. The number of aromatic nitrogens is 1. The van der Waals surface area contributed by atoms with Crippen molar-refractivity contribution in [2.45, 2.75) is 12.7 Å². The van der Waals surface area contributed by atoms with Gasteiger partial charge in [0.1, 0.15) is 0 Å². The second-order valence-electron chi connectivity index (χ2n) is 4.28. The molecular formula is C12H15NO2S. The maximum absolute atomic E-state index is 11.3. The molecule has 0 aliphatic rings. The van der Waals surface area contributed by atoms with Crippen LogP contribution in [0, 0.1) is 6.92 Å². The Labute approximate surface area is 95.6 Å². The molecule has 3 nitrogen and oxygen atoms in total. The van der Waals surface area contributed by atoms with Gasteiger partial charge in [-0.15, -0.1) is 0 Å². The molecule has 1 heterocycles. The highest BCUT2D eigenvalue weighted by atomic mass is 32.2. The smallest absolute Gasteiger partial charge is 0.153 e. The van der Waals surface area contributed by atoms with Crippen LogP contribution in [0.2, 0.25) is 0 Å². The molecule has 0 spiro atoms. The zero-order chi connectivity index (χ0) is 11.9. The molecule has 0 amide bonds. The predicted octanol–water partition coefficient (Wildman–Crippen LogP) is 2.03. The van der Waals surface area contributed by atoms with Crippen molar-refractivity contribution in [2.24, 2.45) is 7.05 Å². The van der Waals surface area contributed by atoms with Crippen LogP contribution in [0.1, 0.15) is 11.3 Å². The largest absolute Gasteiger partial charge is 0.346 e. The van der Waals surface area contributed by atoms with E-state index in [1.165, 1.54) is 11.8 Å². The molecule has 1 aromatic heterocycles. The number of nitrogens with zero attached hydrogens (tertiary/aromatic N) is 1. The third kappa shape index (κ3) is 1.97. The van der Waals surface area contributed by atoms with E-state index in [4.69, 9.17) is 0 Å². The van der Waals surface area contributed by atoms with Gasteiger partial charge >= 0.3 is 0 Å². The molecule has 0 saturated carbocycles. The summed E-state index contributed by atoms with van der Waals surface area (Å²) in [6.07, 6.45) is 1.26. The number of hydrogen-bond acceptors (Lipinski definition) is 2.